The molecular formula is C7H18Cl2N2. The topological polar surface area (TPSA) is 15.3 Å². The van der Waals surface area contributed by atoms with Crippen molar-refractivity contribution in [2.45, 2.75) is 18.9 Å². The maximum absolute atomic E-state index is 3.29. The van der Waals surface area contributed by atoms with Gasteiger partial charge >= 0.3 is 0 Å². The summed E-state index contributed by atoms with van der Waals surface area (Å²) in [4.78, 5) is 2.38. The third kappa shape index (κ3) is 4.86. The van der Waals surface area contributed by atoms with Crippen LogP contribution in [0, 0.1) is 0 Å². The summed E-state index contributed by atoms with van der Waals surface area (Å²) in [6.07, 6.45) is 2.70. The van der Waals surface area contributed by atoms with Crippen molar-refractivity contribution in [1.29, 1.82) is 0 Å². The van der Waals surface area contributed by atoms with Crippen molar-refractivity contribution in [3.8, 4) is 0 Å². The van der Waals surface area contributed by atoms with Gasteiger partial charge in [0.2, 0.25) is 0 Å². The van der Waals surface area contributed by atoms with Gasteiger partial charge in [-0.15, -0.1) is 24.8 Å². The molecule has 2 nitrogen and oxygen atoms in total. The Morgan fingerprint density at radius 1 is 1.36 bits per heavy atom. The molecule has 1 aliphatic heterocycles. The van der Waals surface area contributed by atoms with E-state index in [-0.39, 0.29) is 24.8 Å². The molecule has 0 aromatic carbocycles. The van der Waals surface area contributed by atoms with Crippen molar-refractivity contribution < 1.29 is 0 Å². The van der Waals surface area contributed by atoms with Crippen LogP contribution in [-0.4, -0.2) is 38.1 Å². The quantitative estimate of drug-likeness (QED) is 0.684. The standard InChI is InChI=1S/C7H16N2.2ClH/c1-8-7-4-3-5-9(2)6-7;;/h7-8H,3-6H2,1-2H3;2*1H/t7-;;/m1../s1. The predicted octanol–water partition coefficient (Wildman–Crippen LogP) is 1.14. The number of hydrogen-bond donors (Lipinski definition) is 1. The largest absolute Gasteiger partial charge is 0.316 e. The van der Waals surface area contributed by atoms with Crippen LogP contribution in [0.3, 0.4) is 0 Å². The van der Waals surface area contributed by atoms with Crippen LogP contribution in [-0.2, 0) is 0 Å². The summed E-state index contributed by atoms with van der Waals surface area (Å²) in [5.41, 5.74) is 0. The molecule has 0 saturated carbocycles. The second-order valence-corrected chi connectivity index (χ2v) is 2.89. The zero-order valence-corrected chi connectivity index (χ0v) is 8.80. The fraction of sp³-hybridized carbons (Fsp3) is 1.00. The summed E-state index contributed by atoms with van der Waals surface area (Å²) in [7, 11) is 4.23. The third-order valence-corrected chi connectivity index (χ3v) is 2.03. The minimum atomic E-state index is 0. The van der Waals surface area contributed by atoms with Gasteiger partial charge in [0.05, 0.1) is 0 Å². The lowest BCUT2D eigenvalue weighted by Gasteiger charge is -2.29. The number of likely N-dealkylation sites (N-methyl/N-ethyl adjacent to an activating group) is 2. The van der Waals surface area contributed by atoms with Gasteiger partial charge in [-0.1, -0.05) is 0 Å². The number of nitrogens with zero attached hydrogens (tertiary/aromatic N) is 1. The molecule has 0 unspecified atom stereocenters. The van der Waals surface area contributed by atoms with E-state index in [1.165, 1.54) is 25.9 Å². The molecular weight excluding hydrogens is 183 g/mol. The first kappa shape index (κ1) is 14.0. The van der Waals surface area contributed by atoms with E-state index in [1.807, 2.05) is 7.05 Å². The lowest BCUT2D eigenvalue weighted by Crippen LogP contribution is -2.42. The monoisotopic (exact) mass is 200 g/mol. The van der Waals surface area contributed by atoms with Crippen molar-refractivity contribution >= 4 is 24.8 Å². The van der Waals surface area contributed by atoms with Gasteiger partial charge in [-0.05, 0) is 33.5 Å². The van der Waals surface area contributed by atoms with E-state index in [0.717, 1.165) is 6.04 Å². The van der Waals surface area contributed by atoms with Crippen LogP contribution in [0.25, 0.3) is 0 Å². The van der Waals surface area contributed by atoms with Crippen LogP contribution < -0.4 is 5.32 Å². The average Bonchev–Trinajstić information content (AvgIpc) is 1.88. The Kier molecular flexibility index (Phi) is 9.15. The van der Waals surface area contributed by atoms with Crippen LogP contribution in [0.5, 0.6) is 0 Å². The molecule has 1 aliphatic rings. The van der Waals surface area contributed by atoms with Crippen molar-refractivity contribution in [3.63, 3.8) is 0 Å². The SMILES string of the molecule is CN[C@@H]1CCCN(C)C1.Cl.Cl. The Morgan fingerprint density at radius 2 is 2.00 bits per heavy atom. The first-order chi connectivity index (χ1) is 4.33. The van der Waals surface area contributed by atoms with Gasteiger partial charge in [0.15, 0.2) is 0 Å². The van der Waals surface area contributed by atoms with Crippen molar-refractivity contribution in [1.82, 2.24) is 10.2 Å². The molecule has 70 valence electrons. The molecule has 1 fully saturated rings. The van der Waals surface area contributed by atoms with Crippen LogP contribution in [0.4, 0.5) is 0 Å². The number of likely N-dealkylation sites (tertiary alicyclic amines) is 1. The highest BCUT2D eigenvalue weighted by atomic mass is 35.5. The first-order valence-corrected chi connectivity index (χ1v) is 3.68. The second kappa shape index (κ2) is 7.17. The van der Waals surface area contributed by atoms with Gasteiger partial charge in [0, 0.05) is 12.6 Å². The normalized spacial score (nSPS) is 25.1. The predicted molar refractivity (Wildman–Crippen MR) is 54.1 cm³/mol. The Hall–Kier alpha value is 0.500. The molecule has 0 spiro atoms. The average molecular weight is 201 g/mol. The highest BCUT2D eigenvalue weighted by Crippen LogP contribution is 2.06. The maximum atomic E-state index is 3.29. The number of nitrogens with one attached hydrogen (secondary N) is 1. The van der Waals surface area contributed by atoms with E-state index in [4.69, 9.17) is 0 Å². The summed E-state index contributed by atoms with van der Waals surface area (Å²) in [6.45, 7) is 2.49. The highest BCUT2D eigenvalue weighted by Gasteiger charge is 2.13. The van der Waals surface area contributed by atoms with E-state index in [9.17, 15) is 0 Å². The Balaban J connectivity index is 0. The van der Waals surface area contributed by atoms with E-state index in [0.29, 0.717) is 0 Å². The maximum Gasteiger partial charge on any atom is 0.0192 e. The van der Waals surface area contributed by atoms with Gasteiger partial charge in [-0.25, -0.2) is 0 Å². The Labute approximate surface area is 81.5 Å². The minimum absolute atomic E-state index is 0. The summed E-state index contributed by atoms with van der Waals surface area (Å²) in [6, 6.07) is 0.740. The van der Waals surface area contributed by atoms with Crippen molar-refractivity contribution in [2.24, 2.45) is 0 Å². The molecule has 1 rings (SSSR count). The molecule has 1 saturated heterocycles. The van der Waals surface area contributed by atoms with E-state index in [1.54, 1.807) is 0 Å². The second-order valence-electron chi connectivity index (χ2n) is 2.89. The molecule has 1 heterocycles. The van der Waals surface area contributed by atoms with Crippen molar-refractivity contribution in [2.75, 3.05) is 27.2 Å². The molecule has 0 aromatic heterocycles. The van der Waals surface area contributed by atoms with E-state index in [2.05, 4.69) is 17.3 Å². The zero-order valence-electron chi connectivity index (χ0n) is 7.17. The minimum Gasteiger partial charge on any atom is -0.316 e. The van der Waals surface area contributed by atoms with Gasteiger partial charge in [0.1, 0.15) is 0 Å². The number of hydrogen-bond acceptors (Lipinski definition) is 2. The molecule has 0 aromatic rings. The first-order valence-electron chi connectivity index (χ1n) is 3.68. The van der Waals surface area contributed by atoms with Crippen LogP contribution in [0.2, 0.25) is 0 Å². The fourth-order valence-electron chi connectivity index (χ4n) is 1.40. The smallest absolute Gasteiger partial charge is 0.0192 e. The lowest BCUT2D eigenvalue weighted by atomic mass is 10.1. The molecule has 0 bridgehead atoms. The summed E-state index contributed by atoms with van der Waals surface area (Å²) >= 11 is 0. The lowest BCUT2D eigenvalue weighted by molar-refractivity contribution is 0.234. The highest BCUT2D eigenvalue weighted by molar-refractivity contribution is 5.85. The molecule has 1 N–H and O–H groups in total. The molecule has 11 heavy (non-hydrogen) atoms. The molecule has 0 aliphatic carbocycles. The summed E-state index contributed by atoms with van der Waals surface area (Å²) < 4.78 is 0. The van der Waals surface area contributed by atoms with E-state index < -0.39 is 0 Å². The molecule has 4 heteroatoms. The van der Waals surface area contributed by atoms with Crippen LogP contribution >= 0.6 is 24.8 Å². The molecule has 1 atom stereocenters. The molecule has 0 radical (unpaired) electrons. The van der Waals surface area contributed by atoms with Gasteiger partial charge < -0.3 is 10.2 Å². The Morgan fingerprint density at radius 3 is 2.36 bits per heavy atom. The summed E-state index contributed by atoms with van der Waals surface area (Å²) in [5, 5.41) is 3.29. The van der Waals surface area contributed by atoms with Gasteiger partial charge in [-0.2, -0.15) is 0 Å². The summed E-state index contributed by atoms with van der Waals surface area (Å²) in [5.74, 6) is 0. The van der Waals surface area contributed by atoms with E-state index >= 15 is 0 Å². The van der Waals surface area contributed by atoms with Crippen LogP contribution in [0.1, 0.15) is 12.8 Å². The van der Waals surface area contributed by atoms with Crippen LogP contribution in [0.15, 0.2) is 0 Å². The molecule has 0 amide bonds. The third-order valence-electron chi connectivity index (χ3n) is 2.03. The van der Waals surface area contributed by atoms with Gasteiger partial charge in [0.25, 0.3) is 0 Å². The number of halogens is 2. The Bertz CT molecular complexity index is 90.5. The van der Waals surface area contributed by atoms with Crippen molar-refractivity contribution in [3.05, 3.63) is 0 Å². The number of piperidine rings is 1. The number of rotatable bonds is 1. The fourth-order valence-corrected chi connectivity index (χ4v) is 1.40. The van der Waals surface area contributed by atoms with Gasteiger partial charge in [-0.3, -0.25) is 0 Å². The zero-order chi connectivity index (χ0) is 6.69.